The number of pyridine rings is 2. The third kappa shape index (κ3) is 3.67. The molecule has 0 bridgehead atoms. The monoisotopic (exact) mass is 448 g/mol. The maximum atomic E-state index is 15.9. The van der Waals surface area contributed by atoms with E-state index in [2.05, 4.69) is 9.69 Å². The minimum Gasteiger partial charge on any atom is -0.367 e. The van der Waals surface area contributed by atoms with E-state index in [0.29, 0.717) is 29.4 Å². The van der Waals surface area contributed by atoms with Gasteiger partial charge in [-0.15, -0.1) is 0 Å². The molecule has 3 heterocycles. The second kappa shape index (κ2) is 8.02. The van der Waals surface area contributed by atoms with Gasteiger partial charge < -0.3 is 10.2 Å². The molecule has 2 N–H and O–H groups in total. The molecule has 0 amide bonds. The normalized spacial score (nSPS) is 16.5. The second-order valence-electron chi connectivity index (χ2n) is 8.60. The zero-order valence-corrected chi connectivity index (χ0v) is 18.3. The Morgan fingerprint density at radius 1 is 1.23 bits per heavy atom. The lowest BCUT2D eigenvalue weighted by Gasteiger charge is -2.25. The minimum atomic E-state index is -0.780. The molecular formula is C22H26F2N4O2S. The molecule has 2 aliphatic carbocycles. The SMILES string of the molecule is CCN(CCCCNC1CC1)c1c(F)cn2c(=O)c3c(=O)[nH]sc3c(C3CC3)c2c1F. The number of fused-ring (bicyclic) bond motifs is 2. The van der Waals surface area contributed by atoms with E-state index in [-0.39, 0.29) is 22.5 Å². The highest BCUT2D eigenvalue weighted by atomic mass is 32.1. The first-order valence-electron chi connectivity index (χ1n) is 11.1. The largest absolute Gasteiger partial charge is 0.367 e. The van der Waals surface area contributed by atoms with E-state index in [0.717, 1.165) is 54.4 Å². The fraction of sp³-hybridized carbons (Fsp3) is 0.545. The molecule has 2 aliphatic rings. The molecule has 31 heavy (non-hydrogen) atoms. The summed E-state index contributed by atoms with van der Waals surface area (Å²) in [6.07, 6.45) is 7.02. The van der Waals surface area contributed by atoms with Crippen molar-refractivity contribution in [1.29, 1.82) is 0 Å². The van der Waals surface area contributed by atoms with E-state index in [1.807, 2.05) is 6.92 Å². The molecule has 5 rings (SSSR count). The standard InChI is InChI=1S/C22H26F2N4O2S/c1-2-27(10-4-3-9-25-13-7-8-13)18-14(23)11-28-19(17(18)24)15(12-5-6-12)20-16(22(28)30)21(29)26-31-20/h11-13,25H,2-10H2,1H3,(H,26,29). The Morgan fingerprint density at radius 2 is 2.00 bits per heavy atom. The molecule has 0 saturated heterocycles. The van der Waals surface area contributed by atoms with Gasteiger partial charge >= 0.3 is 0 Å². The number of H-pyrrole nitrogens is 1. The van der Waals surface area contributed by atoms with Crippen molar-refractivity contribution in [2.24, 2.45) is 0 Å². The molecule has 6 nitrogen and oxygen atoms in total. The number of rotatable bonds is 9. The number of aromatic nitrogens is 2. The van der Waals surface area contributed by atoms with Gasteiger partial charge in [-0.1, -0.05) is 11.5 Å². The number of halogens is 2. The van der Waals surface area contributed by atoms with Crippen LogP contribution in [0.25, 0.3) is 15.6 Å². The first-order valence-corrected chi connectivity index (χ1v) is 11.9. The van der Waals surface area contributed by atoms with Crippen LogP contribution >= 0.6 is 11.5 Å². The lowest BCUT2D eigenvalue weighted by atomic mass is 10.1. The summed E-state index contributed by atoms with van der Waals surface area (Å²) in [5.41, 5.74) is -0.486. The van der Waals surface area contributed by atoms with E-state index in [1.165, 1.54) is 12.8 Å². The third-order valence-corrected chi connectivity index (χ3v) is 7.22. The number of anilines is 1. The fourth-order valence-corrected chi connectivity index (χ4v) is 5.33. The van der Waals surface area contributed by atoms with Crippen LogP contribution in [-0.2, 0) is 0 Å². The summed E-state index contributed by atoms with van der Waals surface area (Å²) in [5.74, 6) is -1.40. The Hall–Kier alpha value is -2.26. The average molecular weight is 449 g/mol. The number of nitrogens with one attached hydrogen (secondary N) is 2. The Bertz CT molecular complexity index is 1260. The molecule has 2 saturated carbocycles. The molecule has 0 aliphatic heterocycles. The number of unbranched alkanes of at least 4 members (excludes halogenated alkanes) is 1. The van der Waals surface area contributed by atoms with Crippen LogP contribution < -0.4 is 21.3 Å². The van der Waals surface area contributed by atoms with Gasteiger partial charge in [-0.25, -0.2) is 8.78 Å². The number of nitrogens with zero attached hydrogens (tertiary/aromatic N) is 2. The molecule has 0 atom stereocenters. The zero-order valence-electron chi connectivity index (χ0n) is 17.5. The Balaban J connectivity index is 1.57. The summed E-state index contributed by atoms with van der Waals surface area (Å²) in [7, 11) is 0. The number of hydrogen-bond acceptors (Lipinski definition) is 5. The van der Waals surface area contributed by atoms with Crippen LogP contribution in [0.1, 0.15) is 56.9 Å². The molecule has 0 spiro atoms. The van der Waals surface area contributed by atoms with Crippen LogP contribution in [-0.4, -0.2) is 34.5 Å². The Labute approximate surface area is 182 Å². The number of hydrogen-bond donors (Lipinski definition) is 2. The molecule has 0 radical (unpaired) electrons. The highest BCUT2D eigenvalue weighted by Crippen LogP contribution is 2.46. The van der Waals surface area contributed by atoms with Crippen molar-refractivity contribution in [3.05, 3.63) is 44.1 Å². The molecule has 9 heteroatoms. The van der Waals surface area contributed by atoms with Gasteiger partial charge in [0.2, 0.25) is 0 Å². The van der Waals surface area contributed by atoms with Crippen LogP contribution in [0.15, 0.2) is 15.8 Å². The van der Waals surface area contributed by atoms with Crippen molar-refractivity contribution < 1.29 is 8.78 Å². The van der Waals surface area contributed by atoms with Crippen molar-refractivity contribution in [1.82, 2.24) is 14.1 Å². The summed E-state index contributed by atoms with van der Waals surface area (Å²) in [5, 5.41) is 3.45. The highest BCUT2D eigenvalue weighted by Gasteiger charge is 2.33. The molecule has 0 unspecified atom stereocenters. The van der Waals surface area contributed by atoms with Crippen LogP contribution in [0.2, 0.25) is 0 Å². The van der Waals surface area contributed by atoms with Crippen molar-refractivity contribution in [3.8, 4) is 0 Å². The summed E-state index contributed by atoms with van der Waals surface area (Å²) in [6.45, 7) is 3.79. The van der Waals surface area contributed by atoms with Crippen molar-refractivity contribution >= 4 is 32.8 Å². The number of aromatic amines is 1. The predicted molar refractivity (Wildman–Crippen MR) is 120 cm³/mol. The molecule has 166 valence electrons. The van der Waals surface area contributed by atoms with Crippen molar-refractivity contribution in [2.45, 2.75) is 57.4 Å². The zero-order chi connectivity index (χ0) is 21.7. The van der Waals surface area contributed by atoms with Crippen LogP contribution in [0.3, 0.4) is 0 Å². The van der Waals surface area contributed by atoms with E-state index in [9.17, 15) is 9.59 Å². The van der Waals surface area contributed by atoms with Gasteiger partial charge in [0.25, 0.3) is 11.1 Å². The second-order valence-corrected chi connectivity index (χ2v) is 9.42. The maximum Gasteiger partial charge on any atom is 0.271 e. The van der Waals surface area contributed by atoms with Gasteiger partial charge in [-0.2, -0.15) is 0 Å². The summed E-state index contributed by atoms with van der Waals surface area (Å²) < 4.78 is 35.1. The van der Waals surface area contributed by atoms with Crippen LogP contribution in [0.5, 0.6) is 0 Å². The van der Waals surface area contributed by atoms with E-state index in [4.69, 9.17) is 0 Å². The average Bonchev–Trinajstić information content (AvgIpc) is 3.66. The van der Waals surface area contributed by atoms with Crippen LogP contribution in [0.4, 0.5) is 14.5 Å². The van der Waals surface area contributed by atoms with E-state index >= 15 is 8.78 Å². The van der Waals surface area contributed by atoms with Crippen LogP contribution in [0, 0.1) is 11.6 Å². The molecule has 0 aromatic carbocycles. The van der Waals surface area contributed by atoms with E-state index < -0.39 is 22.8 Å². The van der Waals surface area contributed by atoms with Gasteiger partial charge in [0.1, 0.15) is 11.1 Å². The highest BCUT2D eigenvalue weighted by molar-refractivity contribution is 7.13. The Kier molecular flexibility index (Phi) is 5.34. The first kappa shape index (κ1) is 20.6. The summed E-state index contributed by atoms with van der Waals surface area (Å²) in [6, 6.07) is 0.651. The Morgan fingerprint density at radius 3 is 2.68 bits per heavy atom. The topological polar surface area (TPSA) is 69.6 Å². The van der Waals surface area contributed by atoms with Gasteiger partial charge in [0.15, 0.2) is 11.6 Å². The molecular weight excluding hydrogens is 422 g/mol. The lowest BCUT2D eigenvalue weighted by molar-refractivity contribution is 0.556. The van der Waals surface area contributed by atoms with Gasteiger partial charge in [0, 0.05) is 24.7 Å². The van der Waals surface area contributed by atoms with Crippen molar-refractivity contribution in [3.63, 3.8) is 0 Å². The maximum absolute atomic E-state index is 15.9. The van der Waals surface area contributed by atoms with Crippen molar-refractivity contribution in [2.75, 3.05) is 24.5 Å². The molecule has 2 fully saturated rings. The molecule has 3 aromatic heterocycles. The molecule has 3 aromatic rings. The fourth-order valence-electron chi connectivity index (χ4n) is 4.37. The quantitative estimate of drug-likeness (QED) is 0.490. The predicted octanol–water partition coefficient (Wildman–Crippen LogP) is 3.72. The first-order chi connectivity index (χ1) is 15.0. The smallest absolute Gasteiger partial charge is 0.271 e. The van der Waals surface area contributed by atoms with Gasteiger partial charge in [0.05, 0.1) is 16.4 Å². The third-order valence-electron chi connectivity index (χ3n) is 6.31. The lowest BCUT2D eigenvalue weighted by Crippen LogP contribution is -2.29. The summed E-state index contributed by atoms with van der Waals surface area (Å²) >= 11 is 1.07. The summed E-state index contributed by atoms with van der Waals surface area (Å²) in [4.78, 5) is 26.8. The van der Waals surface area contributed by atoms with E-state index in [1.54, 1.807) is 4.90 Å². The van der Waals surface area contributed by atoms with Gasteiger partial charge in [-0.05, 0) is 57.9 Å². The van der Waals surface area contributed by atoms with Gasteiger partial charge in [-0.3, -0.25) is 18.4 Å². The minimum absolute atomic E-state index is 0.00791.